The van der Waals surface area contributed by atoms with E-state index in [0.717, 1.165) is 25.5 Å². The predicted octanol–water partition coefficient (Wildman–Crippen LogP) is 3.29. The largest absolute Gasteiger partial charge is 0.352 e. The molecule has 1 saturated heterocycles. The van der Waals surface area contributed by atoms with Gasteiger partial charge < -0.3 is 15.5 Å². The monoisotopic (exact) mass is 478 g/mol. The smallest absolute Gasteiger partial charge is 0.222 e. The van der Waals surface area contributed by atoms with Gasteiger partial charge in [0.15, 0.2) is 5.96 Å². The van der Waals surface area contributed by atoms with Crippen LogP contribution in [0, 0.1) is 0 Å². The molecule has 6 heteroatoms. The summed E-state index contributed by atoms with van der Waals surface area (Å²) in [4.78, 5) is 17.9. The normalized spacial score (nSPS) is 14.0. The Balaban J connectivity index is 0.00000261. The summed E-state index contributed by atoms with van der Waals surface area (Å²) in [6.45, 7) is 3.04. The van der Waals surface area contributed by atoms with E-state index in [0.29, 0.717) is 19.5 Å². The van der Waals surface area contributed by atoms with Crippen molar-refractivity contribution in [2.75, 3.05) is 13.6 Å². The van der Waals surface area contributed by atoms with Gasteiger partial charge in [-0.15, -0.1) is 24.0 Å². The van der Waals surface area contributed by atoms with Gasteiger partial charge in [0, 0.05) is 39.6 Å². The second kappa shape index (κ2) is 10.9. The Kier molecular flexibility index (Phi) is 8.57. The van der Waals surface area contributed by atoms with Crippen LogP contribution >= 0.6 is 24.0 Å². The number of carbonyl (C=O) groups is 1. The van der Waals surface area contributed by atoms with Crippen LogP contribution < -0.4 is 10.6 Å². The van der Waals surface area contributed by atoms with E-state index < -0.39 is 0 Å². The first kappa shape index (κ1) is 21.2. The summed E-state index contributed by atoms with van der Waals surface area (Å²) in [5.41, 5.74) is 3.58. The number of aliphatic imine (C=N–C) groups is 1. The highest BCUT2D eigenvalue weighted by molar-refractivity contribution is 14.0. The number of nitrogens with zero attached hydrogens (tertiary/aromatic N) is 2. The molecule has 2 N–H and O–H groups in total. The maximum atomic E-state index is 11.7. The number of hydrogen-bond donors (Lipinski definition) is 2. The van der Waals surface area contributed by atoms with Crippen molar-refractivity contribution in [2.24, 2.45) is 4.99 Å². The minimum Gasteiger partial charge on any atom is -0.352 e. The molecule has 3 rings (SSSR count). The second-order valence-corrected chi connectivity index (χ2v) is 6.50. The van der Waals surface area contributed by atoms with Crippen molar-refractivity contribution in [3.8, 4) is 0 Å². The highest BCUT2D eigenvalue weighted by Crippen LogP contribution is 2.14. The van der Waals surface area contributed by atoms with Crippen LogP contribution in [0.1, 0.15) is 29.5 Å². The zero-order valence-electron chi connectivity index (χ0n) is 15.6. The second-order valence-electron chi connectivity index (χ2n) is 6.50. The summed E-state index contributed by atoms with van der Waals surface area (Å²) >= 11 is 0. The summed E-state index contributed by atoms with van der Waals surface area (Å²) in [7, 11) is 1.77. The van der Waals surface area contributed by atoms with Gasteiger partial charge in [-0.3, -0.25) is 9.79 Å². The van der Waals surface area contributed by atoms with E-state index in [1.165, 1.54) is 16.7 Å². The molecule has 2 aromatic rings. The molecule has 2 aromatic carbocycles. The molecule has 1 fully saturated rings. The molecule has 144 valence electrons. The summed E-state index contributed by atoms with van der Waals surface area (Å²) < 4.78 is 0. The number of amides is 1. The molecule has 0 aliphatic carbocycles. The van der Waals surface area contributed by atoms with Crippen molar-refractivity contribution >= 4 is 35.8 Å². The van der Waals surface area contributed by atoms with Gasteiger partial charge in [0.1, 0.15) is 0 Å². The van der Waals surface area contributed by atoms with Crippen LogP contribution in [-0.4, -0.2) is 30.4 Å². The number of likely N-dealkylation sites (tertiary alicyclic amines) is 1. The molecular formula is C21H27IN4O. The van der Waals surface area contributed by atoms with E-state index in [4.69, 9.17) is 0 Å². The van der Waals surface area contributed by atoms with E-state index >= 15 is 0 Å². The van der Waals surface area contributed by atoms with Gasteiger partial charge in [0.05, 0.1) is 0 Å². The van der Waals surface area contributed by atoms with Crippen LogP contribution in [0.3, 0.4) is 0 Å². The Bertz CT molecular complexity index is 747. The Morgan fingerprint density at radius 1 is 0.963 bits per heavy atom. The van der Waals surface area contributed by atoms with Crippen molar-refractivity contribution in [3.05, 3.63) is 71.3 Å². The predicted molar refractivity (Wildman–Crippen MR) is 120 cm³/mol. The number of benzene rings is 2. The van der Waals surface area contributed by atoms with Crippen molar-refractivity contribution in [2.45, 2.75) is 32.5 Å². The minimum absolute atomic E-state index is 0. The van der Waals surface area contributed by atoms with Gasteiger partial charge in [0.2, 0.25) is 5.91 Å². The summed E-state index contributed by atoms with van der Waals surface area (Å²) in [5, 5.41) is 6.65. The van der Waals surface area contributed by atoms with E-state index in [2.05, 4.69) is 52.0 Å². The summed E-state index contributed by atoms with van der Waals surface area (Å²) in [6, 6.07) is 18.7. The number of halogens is 1. The van der Waals surface area contributed by atoms with Crippen LogP contribution in [-0.2, 0) is 24.4 Å². The molecule has 0 atom stereocenters. The van der Waals surface area contributed by atoms with E-state index in [1.807, 2.05) is 23.1 Å². The van der Waals surface area contributed by atoms with Crippen LogP contribution in [0.4, 0.5) is 0 Å². The lowest BCUT2D eigenvalue weighted by Crippen LogP contribution is -2.36. The van der Waals surface area contributed by atoms with Crippen LogP contribution in [0.2, 0.25) is 0 Å². The van der Waals surface area contributed by atoms with Gasteiger partial charge in [-0.2, -0.15) is 0 Å². The third-order valence-electron chi connectivity index (χ3n) is 4.55. The maximum absolute atomic E-state index is 11.7. The molecule has 1 heterocycles. The molecule has 1 aliphatic rings. The van der Waals surface area contributed by atoms with Gasteiger partial charge in [-0.1, -0.05) is 54.6 Å². The molecule has 27 heavy (non-hydrogen) atoms. The van der Waals surface area contributed by atoms with E-state index in [9.17, 15) is 4.79 Å². The molecule has 0 bridgehead atoms. The third-order valence-corrected chi connectivity index (χ3v) is 4.55. The number of guanidine groups is 1. The van der Waals surface area contributed by atoms with Crippen molar-refractivity contribution < 1.29 is 4.79 Å². The fourth-order valence-corrected chi connectivity index (χ4v) is 3.04. The van der Waals surface area contributed by atoms with Crippen LogP contribution in [0.5, 0.6) is 0 Å². The molecule has 0 aromatic heterocycles. The zero-order valence-corrected chi connectivity index (χ0v) is 18.0. The first-order valence-electron chi connectivity index (χ1n) is 9.08. The van der Waals surface area contributed by atoms with Gasteiger partial charge in [-0.05, 0) is 23.1 Å². The van der Waals surface area contributed by atoms with Gasteiger partial charge in [-0.25, -0.2) is 0 Å². The van der Waals surface area contributed by atoms with Gasteiger partial charge >= 0.3 is 0 Å². The standard InChI is InChI=1S/C21H26N4O.HI/c1-22-21(23-14-17-6-3-2-4-7-17)24-15-18-9-11-19(12-10-18)16-25-13-5-8-20(25)26;/h2-4,6-7,9-12H,5,8,13-16H2,1H3,(H2,22,23,24);1H. The quantitative estimate of drug-likeness (QED) is 0.381. The molecule has 0 unspecified atom stereocenters. The van der Waals surface area contributed by atoms with E-state index in [1.54, 1.807) is 7.05 Å². The fourth-order valence-electron chi connectivity index (χ4n) is 3.04. The lowest BCUT2D eigenvalue weighted by atomic mass is 10.1. The fraction of sp³-hybridized carbons (Fsp3) is 0.333. The Labute approximate surface area is 178 Å². The molecule has 5 nitrogen and oxygen atoms in total. The average molecular weight is 478 g/mol. The zero-order chi connectivity index (χ0) is 18.2. The van der Waals surface area contributed by atoms with E-state index in [-0.39, 0.29) is 29.9 Å². The van der Waals surface area contributed by atoms with Crippen LogP contribution in [0.25, 0.3) is 0 Å². The van der Waals surface area contributed by atoms with Crippen LogP contribution in [0.15, 0.2) is 59.6 Å². The number of carbonyl (C=O) groups excluding carboxylic acids is 1. The number of nitrogens with one attached hydrogen (secondary N) is 2. The highest BCUT2D eigenvalue weighted by atomic mass is 127. The molecule has 0 saturated carbocycles. The van der Waals surface area contributed by atoms with Crippen molar-refractivity contribution in [1.29, 1.82) is 0 Å². The molecular weight excluding hydrogens is 451 g/mol. The topological polar surface area (TPSA) is 56.7 Å². The molecule has 0 radical (unpaired) electrons. The summed E-state index contributed by atoms with van der Waals surface area (Å²) in [5.74, 6) is 1.05. The average Bonchev–Trinajstić information content (AvgIpc) is 3.08. The SMILES string of the molecule is CN=C(NCc1ccccc1)NCc1ccc(CN2CCCC2=O)cc1.I. The van der Waals surface area contributed by atoms with Crippen molar-refractivity contribution in [1.82, 2.24) is 15.5 Å². The highest BCUT2D eigenvalue weighted by Gasteiger charge is 2.19. The number of hydrogen-bond acceptors (Lipinski definition) is 2. The third kappa shape index (κ3) is 6.53. The lowest BCUT2D eigenvalue weighted by Gasteiger charge is -2.16. The van der Waals surface area contributed by atoms with Gasteiger partial charge in [0.25, 0.3) is 0 Å². The first-order valence-corrected chi connectivity index (χ1v) is 9.08. The van der Waals surface area contributed by atoms with Crippen molar-refractivity contribution in [3.63, 3.8) is 0 Å². The Morgan fingerprint density at radius 2 is 1.56 bits per heavy atom. The Hall–Kier alpha value is -2.09. The molecule has 1 aliphatic heterocycles. The molecule has 0 spiro atoms. The first-order chi connectivity index (χ1) is 12.7. The number of rotatable bonds is 6. The summed E-state index contributed by atoms with van der Waals surface area (Å²) in [6.07, 6.45) is 1.67. The minimum atomic E-state index is 0. The lowest BCUT2D eigenvalue weighted by molar-refractivity contribution is -0.128. The maximum Gasteiger partial charge on any atom is 0.222 e. The molecule has 1 amide bonds. The Morgan fingerprint density at radius 3 is 2.11 bits per heavy atom.